The molecule has 1 N–H and O–H groups in total. The number of unbranched alkanes of at least 4 members (excludes halogenated alkanes) is 5. The van der Waals surface area contributed by atoms with Gasteiger partial charge in [-0.2, -0.15) is 0 Å². The van der Waals surface area contributed by atoms with Crippen molar-refractivity contribution >= 4 is 11.6 Å². The Balaban J connectivity index is 2.27. The Morgan fingerprint density at radius 2 is 1.61 bits per heavy atom. The zero-order valence-electron chi connectivity index (χ0n) is 11.4. The first-order valence-electron chi connectivity index (χ1n) is 7.14. The standard InChI is InChI=1S/C16H25ClO/c1-2-3-4-5-6-7-8-15(13-18)14-9-11-16(17)12-10-14/h9-12,15,18H,2-8,13H2,1H3. The lowest BCUT2D eigenvalue weighted by molar-refractivity contribution is 0.256. The molecule has 102 valence electrons. The maximum absolute atomic E-state index is 9.46. The Bertz CT molecular complexity index is 307. The van der Waals surface area contributed by atoms with E-state index in [-0.39, 0.29) is 12.5 Å². The predicted octanol–water partition coefficient (Wildman–Crippen LogP) is 5.17. The number of hydrogen-bond donors (Lipinski definition) is 1. The topological polar surface area (TPSA) is 20.2 Å². The highest BCUT2D eigenvalue weighted by molar-refractivity contribution is 6.30. The van der Waals surface area contributed by atoms with Crippen molar-refractivity contribution in [3.8, 4) is 0 Å². The minimum absolute atomic E-state index is 0.233. The van der Waals surface area contributed by atoms with Crippen LogP contribution < -0.4 is 0 Å². The number of benzene rings is 1. The molecule has 0 saturated heterocycles. The highest BCUT2D eigenvalue weighted by Crippen LogP contribution is 2.23. The van der Waals surface area contributed by atoms with Crippen molar-refractivity contribution in [3.63, 3.8) is 0 Å². The lowest BCUT2D eigenvalue weighted by atomic mass is 9.93. The molecule has 0 aliphatic heterocycles. The molecule has 0 heterocycles. The summed E-state index contributed by atoms with van der Waals surface area (Å²) in [5.41, 5.74) is 1.20. The van der Waals surface area contributed by atoms with Crippen LogP contribution in [0.15, 0.2) is 24.3 Å². The molecule has 1 atom stereocenters. The van der Waals surface area contributed by atoms with Crippen molar-refractivity contribution < 1.29 is 5.11 Å². The van der Waals surface area contributed by atoms with Gasteiger partial charge in [-0.15, -0.1) is 0 Å². The summed E-state index contributed by atoms with van der Waals surface area (Å²) < 4.78 is 0. The fourth-order valence-corrected chi connectivity index (χ4v) is 2.40. The van der Waals surface area contributed by atoms with Crippen LogP contribution in [0.1, 0.15) is 63.4 Å². The Hall–Kier alpha value is -0.530. The summed E-state index contributed by atoms with van der Waals surface area (Å²) in [5, 5.41) is 10.2. The molecule has 2 heteroatoms. The first-order valence-corrected chi connectivity index (χ1v) is 7.52. The summed E-state index contributed by atoms with van der Waals surface area (Å²) in [6.07, 6.45) is 8.88. The van der Waals surface area contributed by atoms with Gasteiger partial charge in [-0.25, -0.2) is 0 Å². The van der Waals surface area contributed by atoms with Crippen LogP contribution >= 0.6 is 11.6 Å². The van der Waals surface area contributed by atoms with Gasteiger partial charge in [0.2, 0.25) is 0 Å². The number of hydrogen-bond acceptors (Lipinski definition) is 1. The van der Waals surface area contributed by atoms with Gasteiger partial charge in [0.1, 0.15) is 0 Å². The van der Waals surface area contributed by atoms with Gasteiger partial charge in [-0.3, -0.25) is 0 Å². The third kappa shape index (κ3) is 5.88. The lowest BCUT2D eigenvalue weighted by Crippen LogP contribution is -2.04. The van der Waals surface area contributed by atoms with Crippen molar-refractivity contribution in [1.29, 1.82) is 0 Å². The van der Waals surface area contributed by atoms with Crippen LogP contribution in [0, 0.1) is 0 Å². The third-order valence-electron chi connectivity index (χ3n) is 3.47. The summed E-state index contributed by atoms with van der Waals surface area (Å²) >= 11 is 5.87. The van der Waals surface area contributed by atoms with Gasteiger partial charge < -0.3 is 5.11 Å². The second-order valence-electron chi connectivity index (χ2n) is 4.99. The van der Waals surface area contributed by atoms with Crippen molar-refractivity contribution in [1.82, 2.24) is 0 Å². The molecule has 18 heavy (non-hydrogen) atoms. The summed E-state index contributed by atoms with van der Waals surface area (Å²) in [6.45, 7) is 2.47. The number of halogens is 1. The zero-order valence-corrected chi connectivity index (χ0v) is 12.1. The molecule has 0 aliphatic rings. The zero-order chi connectivity index (χ0) is 13.2. The maximum atomic E-state index is 9.46. The van der Waals surface area contributed by atoms with Gasteiger partial charge >= 0.3 is 0 Å². The van der Waals surface area contributed by atoms with Crippen molar-refractivity contribution in [2.45, 2.75) is 57.8 Å². The largest absolute Gasteiger partial charge is 0.396 e. The number of aliphatic hydroxyl groups excluding tert-OH is 1. The van der Waals surface area contributed by atoms with Gasteiger partial charge in [-0.1, -0.05) is 69.2 Å². The molecular weight excluding hydrogens is 244 g/mol. The molecule has 1 rings (SSSR count). The van der Waals surface area contributed by atoms with E-state index in [2.05, 4.69) is 6.92 Å². The first-order chi connectivity index (χ1) is 8.77. The predicted molar refractivity (Wildman–Crippen MR) is 79.3 cm³/mol. The Labute approximate surface area is 116 Å². The van der Waals surface area contributed by atoms with Gasteiger partial charge in [0.15, 0.2) is 0 Å². The van der Waals surface area contributed by atoms with Gasteiger partial charge in [0, 0.05) is 17.5 Å². The van der Waals surface area contributed by atoms with E-state index in [9.17, 15) is 5.11 Å². The van der Waals surface area contributed by atoms with Crippen LogP contribution in [0.3, 0.4) is 0 Å². The van der Waals surface area contributed by atoms with E-state index >= 15 is 0 Å². The van der Waals surface area contributed by atoms with E-state index < -0.39 is 0 Å². The molecule has 0 saturated carbocycles. The Morgan fingerprint density at radius 3 is 2.22 bits per heavy atom. The average molecular weight is 269 g/mol. The molecule has 0 aromatic heterocycles. The van der Waals surface area contributed by atoms with E-state index in [1.807, 2.05) is 24.3 Å². The molecule has 1 aromatic rings. The minimum Gasteiger partial charge on any atom is -0.396 e. The van der Waals surface area contributed by atoms with Crippen molar-refractivity contribution in [3.05, 3.63) is 34.9 Å². The molecule has 0 bridgehead atoms. The molecule has 0 amide bonds. The minimum atomic E-state index is 0.233. The number of rotatable bonds is 9. The first kappa shape index (κ1) is 15.5. The van der Waals surface area contributed by atoms with Gasteiger partial charge in [-0.05, 0) is 24.1 Å². The molecule has 1 unspecified atom stereocenters. The van der Waals surface area contributed by atoms with E-state index in [0.29, 0.717) is 0 Å². The normalized spacial score (nSPS) is 12.6. The highest BCUT2D eigenvalue weighted by Gasteiger charge is 2.09. The Kier molecular flexibility index (Phi) is 8.11. The van der Waals surface area contributed by atoms with Crippen molar-refractivity contribution in [2.24, 2.45) is 0 Å². The fourth-order valence-electron chi connectivity index (χ4n) is 2.27. The Morgan fingerprint density at radius 1 is 1.00 bits per heavy atom. The van der Waals surface area contributed by atoms with Crippen LogP contribution in [0.5, 0.6) is 0 Å². The molecule has 0 spiro atoms. The fraction of sp³-hybridized carbons (Fsp3) is 0.625. The highest BCUT2D eigenvalue weighted by atomic mass is 35.5. The second-order valence-corrected chi connectivity index (χ2v) is 5.42. The smallest absolute Gasteiger partial charge is 0.0499 e. The molecule has 1 aromatic carbocycles. The molecule has 0 fully saturated rings. The van der Waals surface area contributed by atoms with E-state index in [1.54, 1.807) is 0 Å². The third-order valence-corrected chi connectivity index (χ3v) is 3.72. The van der Waals surface area contributed by atoms with E-state index in [0.717, 1.165) is 11.4 Å². The summed E-state index contributed by atoms with van der Waals surface area (Å²) in [6, 6.07) is 7.86. The molecular formula is C16H25ClO. The number of aliphatic hydroxyl groups is 1. The summed E-state index contributed by atoms with van der Waals surface area (Å²) in [7, 11) is 0. The molecule has 1 nitrogen and oxygen atoms in total. The molecule has 0 aliphatic carbocycles. The van der Waals surface area contributed by atoms with Crippen LogP contribution in [0.25, 0.3) is 0 Å². The maximum Gasteiger partial charge on any atom is 0.0499 e. The van der Waals surface area contributed by atoms with E-state index in [4.69, 9.17) is 11.6 Å². The summed E-state index contributed by atoms with van der Waals surface area (Å²) in [4.78, 5) is 0. The molecule has 0 radical (unpaired) electrons. The van der Waals surface area contributed by atoms with Gasteiger partial charge in [0.05, 0.1) is 0 Å². The quantitative estimate of drug-likeness (QED) is 0.613. The van der Waals surface area contributed by atoms with Crippen LogP contribution in [0.2, 0.25) is 5.02 Å². The van der Waals surface area contributed by atoms with Crippen molar-refractivity contribution in [2.75, 3.05) is 6.61 Å². The lowest BCUT2D eigenvalue weighted by Gasteiger charge is -2.14. The second kappa shape index (κ2) is 9.41. The van der Waals surface area contributed by atoms with E-state index in [1.165, 1.54) is 44.1 Å². The average Bonchev–Trinajstić information content (AvgIpc) is 2.39. The SMILES string of the molecule is CCCCCCCCC(CO)c1ccc(Cl)cc1. The van der Waals surface area contributed by atoms with Gasteiger partial charge in [0.25, 0.3) is 0 Å². The monoisotopic (exact) mass is 268 g/mol. The van der Waals surface area contributed by atoms with Crippen LogP contribution in [-0.4, -0.2) is 11.7 Å². The van der Waals surface area contributed by atoms with Crippen LogP contribution in [0.4, 0.5) is 0 Å². The van der Waals surface area contributed by atoms with Crippen LogP contribution in [-0.2, 0) is 0 Å². The summed E-state index contributed by atoms with van der Waals surface area (Å²) in [5.74, 6) is 0.272.